The van der Waals surface area contributed by atoms with Crippen molar-refractivity contribution in [3.8, 4) is 5.69 Å². The predicted molar refractivity (Wildman–Crippen MR) is 72.1 cm³/mol. The van der Waals surface area contributed by atoms with Gasteiger partial charge >= 0.3 is 0 Å². The molecule has 2 rings (SSSR count). The molecular formula is C13H17N3S. The number of aryl methyl sites for hydroxylation is 2. The van der Waals surface area contributed by atoms with Crippen LogP contribution < -0.4 is 0 Å². The van der Waals surface area contributed by atoms with Crippen molar-refractivity contribution < 1.29 is 0 Å². The fraction of sp³-hybridized carbons (Fsp3) is 0.385. The average Bonchev–Trinajstić information content (AvgIpc) is 2.72. The van der Waals surface area contributed by atoms with E-state index in [-0.39, 0.29) is 0 Å². The number of para-hydroxylation sites is 1. The standard InChI is InChI=1S/C13H17N3S/c1-3-7-10-8-5-6-9-11(10)16-12(4-2)14-15-13(16)17/h5-6,8-9H,3-4,7H2,1-2H3,(H,15,17). The molecule has 2 aromatic rings. The van der Waals surface area contributed by atoms with Gasteiger partial charge < -0.3 is 0 Å². The van der Waals surface area contributed by atoms with Gasteiger partial charge in [0.25, 0.3) is 0 Å². The van der Waals surface area contributed by atoms with Gasteiger partial charge in [-0.15, -0.1) is 0 Å². The molecule has 4 heteroatoms. The number of aromatic amines is 1. The molecule has 3 nitrogen and oxygen atoms in total. The molecule has 1 heterocycles. The van der Waals surface area contributed by atoms with Crippen molar-refractivity contribution in [2.24, 2.45) is 0 Å². The van der Waals surface area contributed by atoms with Crippen LogP contribution in [0.4, 0.5) is 0 Å². The van der Waals surface area contributed by atoms with Gasteiger partial charge in [0.1, 0.15) is 5.82 Å². The van der Waals surface area contributed by atoms with Gasteiger partial charge in [-0.1, -0.05) is 38.5 Å². The maximum Gasteiger partial charge on any atom is 0.199 e. The van der Waals surface area contributed by atoms with Crippen LogP contribution in [0.3, 0.4) is 0 Å². The molecule has 1 aromatic heterocycles. The summed E-state index contributed by atoms with van der Waals surface area (Å²) in [6.45, 7) is 4.27. The summed E-state index contributed by atoms with van der Waals surface area (Å²) >= 11 is 5.31. The molecule has 90 valence electrons. The lowest BCUT2D eigenvalue weighted by Gasteiger charge is -2.11. The third-order valence-electron chi connectivity index (χ3n) is 2.81. The molecular weight excluding hydrogens is 230 g/mol. The SMILES string of the molecule is CCCc1ccccc1-n1c(CC)n[nH]c1=S. The molecule has 1 aromatic carbocycles. The Morgan fingerprint density at radius 3 is 2.76 bits per heavy atom. The first kappa shape index (κ1) is 12.0. The highest BCUT2D eigenvalue weighted by Gasteiger charge is 2.09. The van der Waals surface area contributed by atoms with Crippen LogP contribution in [0.2, 0.25) is 0 Å². The molecule has 0 saturated carbocycles. The largest absolute Gasteiger partial charge is 0.272 e. The van der Waals surface area contributed by atoms with Crippen LogP contribution >= 0.6 is 12.2 Å². The van der Waals surface area contributed by atoms with E-state index in [9.17, 15) is 0 Å². The summed E-state index contributed by atoms with van der Waals surface area (Å²) in [6.07, 6.45) is 3.06. The highest BCUT2D eigenvalue weighted by molar-refractivity contribution is 7.71. The summed E-state index contributed by atoms with van der Waals surface area (Å²) in [5.41, 5.74) is 2.48. The zero-order valence-corrected chi connectivity index (χ0v) is 11.0. The molecule has 0 bridgehead atoms. The average molecular weight is 247 g/mol. The second kappa shape index (κ2) is 5.27. The zero-order chi connectivity index (χ0) is 12.3. The Morgan fingerprint density at radius 1 is 1.29 bits per heavy atom. The number of hydrogen-bond donors (Lipinski definition) is 1. The van der Waals surface area contributed by atoms with Gasteiger partial charge in [-0.3, -0.25) is 9.67 Å². The highest BCUT2D eigenvalue weighted by Crippen LogP contribution is 2.18. The first-order valence-corrected chi connectivity index (χ1v) is 6.43. The number of nitrogens with zero attached hydrogens (tertiary/aromatic N) is 2. The molecule has 0 atom stereocenters. The molecule has 0 aliphatic heterocycles. The van der Waals surface area contributed by atoms with E-state index < -0.39 is 0 Å². The lowest BCUT2D eigenvalue weighted by Crippen LogP contribution is -2.04. The first-order valence-electron chi connectivity index (χ1n) is 6.02. The summed E-state index contributed by atoms with van der Waals surface area (Å²) in [6, 6.07) is 8.38. The summed E-state index contributed by atoms with van der Waals surface area (Å²) < 4.78 is 2.71. The van der Waals surface area contributed by atoms with E-state index in [1.54, 1.807) is 0 Å². The maximum atomic E-state index is 5.31. The Hall–Kier alpha value is -1.42. The number of benzene rings is 1. The van der Waals surface area contributed by atoms with Crippen molar-refractivity contribution in [2.45, 2.75) is 33.1 Å². The Kier molecular flexibility index (Phi) is 3.74. The Morgan fingerprint density at radius 2 is 2.06 bits per heavy atom. The quantitative estimate of drug-likeness (QED) is 0.840. The van der Waals surface area contributed by atoms with E-state index in [4.69, 9.17) is 12.2 Å². The van der Waals surface area contributed by atoms with Crippen molar-refractivity contribution in [1.29, 1.82) is 0 Å². The van der Waals surface area contributed by atoms with Gasteiger partial charge in [0.15, 0.2) is 4.77 Å². The number of nitrogens with one attached hydrogen (secondary N) is 1. The second-order valence-corrected chi connectivity index (χ2v) is 4.40. The van der Waals surface area contributed by atoms with Gasteiger partial charge in [0.2, 0.25) is 0 Å². The zero-order valence-electron chi connectivity index (χ0n) is 10.2. The second-order valence-electron chi connectivity index (χ2n) is 4.01. The Bertz CT molecular complexity index is 554. The van der Waals surface area contributed by atoms with Gasteiger partial charge in [0, 0.05) is 6.42 Å². The van der Waals surface area contributed by atoms with Crippen LogP contribution in [0.15, 0.2) is 24.3 Å². The molecule has 0 radical (unpaired) electrons. The number of aromatic nitrogens is 3. The molecule has 0 aliphatic rings. The topological polar surface area (TPSA) is 33.6 Å². The van der Waals surface area contributed by atoms with Gasteiger partial charge in [-0.25, -0.2) is 0 Å². The smallest absolute Gasteiger partial charge is 0.199 e. The summed E-state index contributed by atoms with van der Waals surface area (Å²) in [4.78, 5) is 0. The van der Waals surface area contributed by atoms with Gasteiger partial charge in [-0.05, 0) is 30.3 Å². The van der Waals surface area contributed by atoms with E-state index in [1.165, 1.54) is 5.56 Å². The van der Waals surface area contributed by atoms with E-state index in [0.717, 1.165) is 30.8 Å². The van der Waals surface area contributed by atoms with Crippen LogP contribution in [0, 0.1) is 4.77 Å². The van der Waals surface area contributed by atoms with Crippen molar-refractivity contribution >= 4 is 12.2 Å². The molecule has 0 unspecified atom stereocenters. The lowest BCUT2D eigenvalue weighted by molar-refractivity contribution is 0.850. The number of rotatable bonds is 4. The van der Waals surface area contributed by atoms with E-state index in [0.29, 0.717) is 4.77 Å². The van der Waals surface area contributed by atoms with E-state index >= 15 is 0 Å². The minimum absolute atomic E-state index is 0.672. The molecule has 0 saturated heterocycles. The normalized spacial score (nSPS) is 10.7. The van der Waals surface area contributed by atoms with Gasteiger partial charge in [-0.2, -0.15) is 5.10 Å². The third-order valence-corrected chi connectivity index (χ3v) is 3.08. The van der Waals surface area contributed by atoms with Gasteiger partial charge in [0.05, 0.1) is 5.69 Å². The molecule has 1 N–H and O–H groups in total. The van der Waals surface area contributed by atoms with Crippen LogP contribution in [-0.4, -0.2) is 14.8 Å². The van der Waals surface area contributed by atoms with Crippen LogP contribution in [0.1, 0.15) is 31.7 Å². The monoisotopic (exact) mass is 247 g/mol. The van der Waals surface area contributed by atoms with E-state index in [1.807, 2.05) is 10.6 Å². The van der Waals surface area contributed by atoms with Crippen molar-refractivity contribution in [3.63, 3.8) is 0 Å². The highest BCUT2D eigenvalue weighted by atomic mass is 32.1. The molecule has 0 fully saturated rings. The van der Waals surface area contributed by atoms with Crippen molar-refractivity contribution in [1.82, 2.24) is 14.8 Å². The Balaban J connectivity index is 2.59. The minimum Gasteiger partial charge on any atom is -0.272 e. The lowest BCUT2D eigenvalue weighted by atomic mass is 10.1. The van der Waals surface area contributed by atoms with E-state index in [2.05, 4.69) is 42.2 Å². The summed E-state index contributed by atoms with van der Waals surface area (Å²) in [7, 11) is 0. The summed E-state index contributed by atoms with van der Waals surface area (Å²) in [5.74, 6) is 0.985. The molecule has 0 spiro atoms. The number of hydrogen-bond acceptors (Lipinski definition) is 2. The van der Waals surface area contributed by atoms with Crippen molar-refractivity contribution in [3.05, 3.63) is 40.4 Å². The number of H-pyrrole nitrogens is 1. The fourth-order valence-corrected chi connectivity index (χ4v) is 2.27. The van der Waals surface area contributed by atoms with Crippen LogP contribution in [-0.2, 0) is 12.8 Å². The molecule has 0 amide bonds. The predicted octanol–water partition coefficient (Wildman–Crippen LogP) is 3.44. The first-order chi connectivity index (χ1) is 8.27. The molecule has 0 aliphatic carbocycles. The summed E-state index contributed by atoms with van der Waals surface area (Å²) in [5, 5.41) is 7.13. The Labute approximate surface area is 106 Å². The van der Waals surface area contributed by atoms with Crippen molar-refractivity contribution in [2.75, 3.05) is 0 Å². The maximum absolute atomic E-state index is 5.31. The third kappa shape index (κ3) is 2.31. The minimum atomic E-state index is 0.672. The molecule has 17 heavy (non-hydrogen) atoms. The van der Waals surface area contributed by atoms with Crippen LogP contribution in [0.5, 0.6) is 0 Å². The van der Waals surface area contributed by atoms with Crippen LogP contribution in [0.25, 0.3) is 5.69 Å². The fourth-order valence-electron chi connectivity index (χ4n) is 2.02.